The maximum absolute atomic E-state index is 14.7. The molecule has 0 bridgehead atoms. The quantitative estimate of drug-likeness (QED) is 0.465. The lowest BCUT2D eigenvalue weighted by Crippen LogP contribution is -2.36. The lowest BCUT2D eigenvalue weighted by atomic mass is 9.88. The lowest BCUT2D eigenvalue weighted by Gasteiger charge is -2.32. The molecule has 0 spiro atoms. The van der Waals surface area contributed by atoms with Gasteiger partial charge < -0.3 is 4.74 Å². The Morgan fingerprint density at radius 1 is 1.29 bits per heavy atom. The van der Waals surface area contributed by atoms with Crippen LogP contribution in [0, 0.1) is 16.7 Å². The van der Waals surface area contributed by atoms with Crippen molar-refractivity contribution >= 4 is 5.97 Å². The van der Waals surface area contributed by atoms with E-state index in [1.165, 1.54) is 24.3 Å². The third-order valence-corrected chi connectivity index (χ3v) is 5.19. The second-order valence-corrected chi connectivity index (χ2v) is 8.09. The Labute approximate surface area is 175 Å². The molecule has 0 unspecified atom stereocenters. The number of carbonyl (C=O) groups is 1. The number of aromatic nitrogens is 2. The summed E-state index contributed by atoms with van der Waals surface area (Å²) in [6, 6.07) is 9.25. The number of nitrogens with zero attached hydrogens (tertiary/aromatic N) is 3. The van der Waals surface area contributed by atoms with Crippen molar-refractivity contribution in [2.24, 2.45) is 5.41 Å². The Balaban J connectivity index is 2.05. The summed E-state index contributed by atoms with van der Waals surface area (Å²) in [7, 11) is 0. The maximum Gasteiger partial charge on any atom is 0.435 e. The predicted molar refractivity (Wildman–Crippen MR) is 99.1 cm³/mol. The number of aryl methyl sites for hydroxylation is 1. The number of alkyl halides is 5. The minimum Gasteiger partial charge on any atom is -0.447 e. The van der Waals surface area contributed by atoms with Crippen molar-refractivity contribution in [3.63, 3.8) is 0 Å². The second kappa shape index (κ2) is 7.94. The van der Waals surface area contributed by atoms with Crippen LogP contribution < -0.4 is 0 Å². The fourth-order valence-electron chi connectivity index (χ4n) is 3.41. The van der Waals surface area contributed by atoms with Gasteiger partial charge in [0.05, 0.1) is 22.6 Å². The molecule has 166 valence electrons. The minimum absolute atomic E-state index is 0.0536. The first-order chi connectivity index (χ1) is 14.4. The van der Waals surface area contributed by atoms with Gasteiger partial charge in [0.1, 0.15) is 0 Å². The number of nitriles is 1. The molecule has 10 heteroatoms. The number of benzene rings is 1. The molecule has 1 aromatic carbocycles. The first-order valence-electron chi connectivity index (χ1n) is 9.57. The van der Waals surface area contributed by atoms with E-state index in [-0.39, 0.29) is 30.6 Å². The molecule has 31 heavy (non-hydrogen) atoms. The lowest BCUT2D eigenvalue weighted by molar-refractivity contribution is -0.151. The van der Waals surface area contributed by atoms with Crippen molar-refractivity contribution in [3.05, 3.63) is 52.8 Å². The number of hydrogen-bond acceptors (Lipinski definition) is 4. The Morgan fingerprint density at radius 2 is 1.94 bits per heavy atom. The molecule has 1 atom stereocenters. The number of rotatable bonds is 5. The summed E-state index contributed by atoms with van der Waals surface area (Å²) in [5, 5.41) is 12.7. The largest absolute Gasteiger partial charge is 0.447 e. The molecule has 0 saturated carbocycles. The number of esters is 1. The average Bonchev–Trinajstić information content (AvgIpc) is 3.08. The van der Waals surface area contributed by atoms with E-state index in [9.17, 15) is 26.7 Å². The summed E-state index contributed by atoms with van der Waals surface area (Å²) in [4.78, 5) is 12.4. The average molecular weight is 441 g/mol. The monoisotopic (exact) mass is 441 g/mol. The van der Waals surface area contributed by atoms with Crippen LogP contribution in [-0.4, -0.2) is 21.7 Å². The Hall–Kier alpha value is -2.96. The van der Waals surface area contributed by atoms with Gasteiger partial charge in [-0.1, -0.05) is 18.2 Å². The van der Waals surface area contributed by atoms with E-state index in [1.54, 1.807) is 19.9 Å². The number of fused-ring (bicyclic) bond motifs is 1. The number of ether oxygens (including phenoxy) is 1. The molecule has 0 radical (unpaired) electrons. The molecular weight excluding hydrogens is 421 g/mol. The van der Waals surface area contributed by atoms with E-state index in [0.29, 0.717) is 0 Å². The highest BCUT2D eigenvalue weighted by Crippen LogP contribution is 2.48. The maximum atomic E-state index is 14.7. The fraction of sp³-hybridized carbons (Fsp3) is 0.476. The van der Waals surface area contributed by atoms with Crippen molar-refractivity contribution in [3.8, 4) is 6.07 Å². The van der Waals surface area contributed by atoms with Crippen molar-refractivity contribution in [2.45, 2.75) is 57.9 Å². The molecular formula is C21H20F5N3O2. The van der Waals surface area contributed by atoms with Crippen molar-refractivity contribution in [1.29, 1.82) is 5.26 Å². The summed E-state index contributed by atoms with van der Waals surface area (Å²) >= 11 is 0. The predicted octanol–water partition coefficient (Wildman–Crippen LogP) is 5.32. The summed E-state index contributed by atoms with van der Waals surface area (Å²) < 4.78 is 76.5. The summed E-state index contributed by atoms with van der Waals surface area (Å²) in [5.41, 5.74) is -3.26. The molecule has 0 amide bonds. The van der Waals surface area contributed by atoms with E-state index in [0.717, 1.165) is 4.68 Å². The standard InChI is InChI=1S/C21H20F5N3O2/c1-19(2,12-27)10-11-29-14-8-9-20(22,23)17(15(14)16(28-29)21(24,25)26)31-18(30)13-6-4-3-5-7-13/h3-7,17H,8-11H2,1-2H3/t17-/m0/s1. The van der Waals surface area contributed by atoms with Crippen molar-refractivity contribution in [1.82, 2.24) is 9.78 Å². The molecule has 0 N–H and O–H groups in total. The zero-order valence-corrected chi connectivity index (χ0v) is 16.8. The molecule has 1 heterocycles. The third-order valence-electron chi connectivity index (χ3n) is 5.19. The molecule has 0 saturated heterocycles. The van der Waals surface area contributed by atoms with E-state index in [1.807, 2.05) is 6.07 Å². The van der Waals surface area contributed by atoms with E-state index in [4.69, 9.17) is 10.00 Å². The highest BCUT2D eigenvalue weighted by molar-refractivity contribution is 5.89. The van der Waals surface area contributed by atoms with Crippen LogP contribution in [0.2, 0.25) is 0 Å². The van der Waals surface area contributed by atoms with Gasteiger partial charge in [0, 0.05) is 18.7 Å². The second-order valence-electron chi connectivity index (χ2n) is 8.09. The molecule has 1 aliphatic rings. The fourth-order valence-corrected chi connectivity index (χ4v) is 3.41. The van der Waals surface area contributed by atoms with Crippen molar-refractivity contribution < 1.29 is 31.5 Å². The minimum atomic E-state index is -5.02. The molecule has 1 aliphatic carbocycles. The Morgan fingerprint density at radius 3 is 2.52 bits per heavy atom. The Kier molecular flexibility index (Phi) is 5.82. The number of halogens is 5. The van der Waals surface area contributed by atoms with Crippen LogP contribution in [0.4, 0.5) is 22.0 Å². The van der Waals surface area contributed by atoms with Crippen LogP contribution in [-0.2, 0) is 23.9 Å². The molecule has 0 fully saturated rings. The Bertz CT molecular complexity index is 1010. The highest BCUT2D eigenvalue weighted by atomic mass is 19.4. The SMILES string of the molecule is CC(C)(C#N)CCn1nc(C(F)(F)F)c2c1CCC(F)(F)[C@H]2OC(=O)c1ccccc1. The summed E-state index contributed by atoms with van der Waals surface area (Å²) in [6.45, 7) is 3.17. The van der Waals surface area contributed by atoms with E-state index < -0.39 is 47.3 Å². The summed E-state index contributed by atoms with van der Waals surface area (Å²) in [5.74, 6) is -4.85. The molecule has 0 aliphatic heterocycles. The van der Waals surface area contributed by atoms with Gasteiger partial charge in [-0.2, -0.15) is 23.5 Å². The van der Waals surface area contributed by atoms with Crippen LogP contribution >= 0.6 is 0 Å². The topological polar surface area (TPSA) is 67.9 Å². The van der Waals surface area contributed by atoms with Gasteiger partial charge in [-0.15, -0.1) is 0 Å². The molecule has 5 nitrogen and oxygen atoms in total. The van der Waals surface area contributed by atoms with Crippen LogP contribution in [0.25, 0.3) is 0 Å². The van der Waals surface area contributed by atoms with Crippen LogP contribution in [0.15, 0.2) is 30.3 Å². The van der Waals surface area contributed by atoms with Crippen molar-refractivity contribution in [2.75, 3.05) is 0 Å². The first kappa shape index (κ1) is 22.7. The zero-order chi connectivity index (χ0) is 23.0. The smallest absolute Gasteiger partial charge is 0.435 e. The highest BCUT2D eigenvalue weighted by Gasteiger charge is 2.54. The number of carbonyl (C=O) groups excluding carboxylic acids is 1. The van der Waals surface area contributed by atoms with Crippen LogP contribution in [0.3, 0.4) is 0 Å². The van der Waals surface area contributed by atoms with Gasteiger partial charge >= 0.3 is 12.1 Å². The van der Waals surface area contributed by atoms with Gasteiger partial charge in [-0.05, 0) is 38.8 Å². The third kappa shape index (κ3) is 4.70. The van der Waals surface area contributed by atoms with E-state index in [2.05, 4.69) is 5.10 Å². The van der Waals surface area contributed by atoms with E-state index >= 15 is 0 Å². The first-order valence-corrected chi connectivity index (χ1v) is 9.57. The zero-order valence-electron chi connectivity index (χ0n) is 16.8. The summed E-state index contributed by atoms with van der Waals surface area (Å²) in [6.07, 6.45) is -8.43. The molecule has 1 aromatic heterocycles. The van der Waals surface area contributed by atoms with Gasteiger partial charge in [-0.25, -0.2) is 13.6 Å². The van der Waals surface area contributed by atoms with Gasteiger partial charge in [0.2, 0.25) is 0 Å². The van der Waals surface area contributed by atoms with Gasteiger partial charge in [0.15, 0.2) is 11.8 Å². The normalized spacial score (nSPS) is 18.2. The van der Waals surface area contributed by atoms with Gasteiger partial charge in [-0.3, -0.25) is 4.68 Å². The molecule has 2 aromatic rings. The van der Waals surface area contributed by atoms with Gasteiger partial charge in [0.25, 0.3) is 5.92 Å². The number of hydrogen-bond donors (Lipinski definition) is 0. The molecule has 3 rings (SSSR count). The van der Waals surface area contributed by atoms with Crippen LogP contribution in [0.1, 0.15) is 60.1 Å². The van der Waals surface area contributed by atoms with Crippen LogP contribution in [0.5, 0.6) is 0 Å².